The average molecular weight is 316 g/mol. The summed E-state index contributed by atoms with van der Waals surface area (Å²) in [6.45, 7) is 2.02. The Morgan fingerprint density at radius 2 is 1.95 bits per heavy atom. The van der Waals surface area contributed by atoms with E-state index in [9.17, 15) is 8.78 Å². The van der Waals surface area contributed by atoms with E-state index in [1.54, 1.807) is 0 Å². The van der Waals surface area contributed by atoms with Crippen LogP contribution in [0.25, 0.3) is 11.4 Å². The lowest BCUT2D eigenvalue weighted by molar-refractivity contribution is 0.313. The number of hydrogen-bond acceptors (Lipinski definition) is 4. The van der Waals surface area contributed by atoms with Gasteiger partial charge in [-0.2, -0.15) is 4.98 Å². The van der Waals surface area contributed by atoms with Gasteiger partial charge in [0.1, 0.15) is 0 Å². The van der Waals surface area contributed by atoms with Crippen LogP contribution in [-0.2, 0) is 6.42 Å². The van der Waals surface area contributed by atoms with Crippen LogP contribution in [0.2, 0.25) is 0 Å². The monoisotopic (exact) mass is 315 g/mol. The molecule has 0 unspecified atom stereocenters. The summed E-state index contributed by atoms with van der Waals surface area (Å²) in [7, 11) is 0. The van der Waals surface area contributed by atoms with Crippen LogP contribution in [0.1, 0.15) is 18.7 Å². The molecule has 0 spiro atoms. The number of hydrogen-bond donors (Lipinski definition) is 1. The maximum absolute atomic E-state index is 13.2. The summed E-state index contributed by atoms with van der Waals surface area (Å²) in [5, 5.41) is 7.13. The van der Waals surface area contributed by atoms with Gasteiger partial charge in [-0.1, -0.05) is 5.16 Å². The molecule has 1 saturated heterocycles. The molecular formula is C14H16ClF2N3O. The summed E-state index contributed by atoms with van der Waals surface area (Å²) >= 11 is 0. The number of rotatable bonds is 3. The summed E-state index contributed by atoms with van der Waals surface area (Å²) in [6, 6.07) is 3.58. The van der Waals surface area contributed by atoms with Crippen LogP contribution in [0.15, 0.2) is 22.7 Å². The Bertz CT molecular complexity index is 600. The van der Waals surface area contributed by atoms with Gasteiger partial charge >= 0.3 is 0 Å². The van der Waals surface area contributed by atoms with Crippen molar-refractivity contribution in [2.24, 2.45) is 5.92 Å². The predicted molar refractivity (Wildman–Crippen MR) is 76.2 cm³/mol. The molecule has 4 nitrogen and oxygen atoms in total. The molecule has 114 valence electrons. The standard InChI is InChI=1S/C14H15F2N3O.ClH/c15-11-2-1-10(8-12(11)16)14-18-13(20-19-14)7-9-3-5-17-6-4-9;/h1-2,8-9,17H,3-7H2;1H. The van der Waals surface area contributed by atoms with E-state index in [1.165, 1.54) is 6.07 Å². The third kappa shape index (κ3) is 3.77. The first-order valence-electron chi connectivity index (χ1n) is 6.71. The Balaban J connectivity index is 0.00000161. The van der Waals surface area contributed by atoms with Gasteiger partial charge in [0, 0.05) is 12.0 Å². The molecule has 3 rings (SSSR count). The fourth-order valence-corrected chi connectivity index (χ4v) is 2.42. The fourth-order valence-electron chi connectivity index (χ4n) is 2.42. The van der Waals surface area contributed by atoms with Crippen molar-refractivity contribution in [1.82, 2.24) is 15.5 Å². The van der Waals surface area contributed by atoms with E-state index < -0.39 is 11.6 Å². The minimum atomic E-state index is -0.910. The van der Waals surface area contributed by atoms with Crippen molar-refractivity contribution in [3.05, 3.63) is 35.7 Å². The SMILES string of the molecule is Cl.Fc1ccc(-c2noc(CC3CCNCC3)n2)cc1F. The Morgan fingerprint density at radius 3 is 2.67 bits per heavy atom. The first kappa shape index (κ1) is 15.9. The third-order valence-corrected chi connectivity index (χ3v) is 3.57. The van der Waals surface area contributed by atoms with Crippen molar-refractivity contribution in [2.45, 2.75) is 19.3 Å². The summed E-state index contributed by atoms with van der Waals surface area (Å²) < 4.78 is 31.3. The molecule has 1 N–H and O–H groups in total. The molecule has 21 heavy (non-hydrogen) atoms. The van der Waals surface area contributed by atoms with Crippen molar-refractivity contribution in [3.63, 3.8) is 0 Å². The molecule has 0 bridgehead atoms. The number of nitrogens with one attached hydrogen (secondary N) is 1. The predicted octanol–water partition coefficient (Wildman–Crippen LogP) is 2.98. The second-order valence-electron chi connectivity index (χ2n) is 5.04. The van der Waals surface area contributed by atoms with Gasteiger partial charge in [0.15, 0.2) is 11.6 Å². The first-order chi connectivity index (χ1) is 9.72. The van der Waals surface area contributed by atoms with E-state index in [-0.39, 0.29) is 12.4 Å². The lowest BCUT2D eigenvalue weighted by atomic mass is 9.95. The van der Waals surface area contributed by atoms with E-state index in [2.05, 4.69) is 15.5 Å². The van der Waals surface area contributed by atoms with Gasteiger partial charge in [-0.15, -0.1) is 12.4 Å². The zero-order valence-corrected chi connectivity index (χ0v) is 12.1. The summed E-state index contributed by atoms with van der Waals surface area (Å²) in [5.41, 5.74) is 0.421. The molecule has 2 aromatic rings. The second-order valence-corrected chi connectivity index (χ2v) is 5.04. The molecule has 0 saturated carbocycles. The molecule has 1 fully saturated rings. The normalized spacial score (nSPS) is 15.7. The number of halogens is 3. The Labute approximate surface area is 127 Å². The molecule has 1 aromatic carbocycles. The van der Waals surface area contributed by atoms with E-state index in [1.807, 2.05) is 0 Å². The van der Waals surface area contributed by atoms with Crippen LogP contribution in [0.4, 0.5) is 8.78 Å². The zero-order chi connectivity index (χ0) is 13.9. The molecule has 1 aliphatic rings. The number of benzene rings is 1. The van der Waals surface area contributed by atoms with Crippen molar-refractivity contribution < 1.29 is 13.3 Å². The number of nitrogens with zero attached hydrogens (tertiary/aromatic N) is 2. The second kappa shape index (κ2) is 6.95. The van der Waals surface area contributed by atoms with Gasteiger partial charge in [-0.25, -0.2) is 8.78 Å². The lowest BCUT2D eigenvalue weighted by Gasteiger charge is -2.20. The van der Waals surface area contributed by atoms with Crippen LogP contribution in [0.5, 0.6) is 0 Å². The molecule has 0 radical (unpaired) electrons. The number of piperidine rings is 1. The molecule has 1 aromatic heterocycles. The topological polar surface area (TPSA) is 51.0 Å². The van der Waals surface area contributed by atoms with Crippen LogP contribution in [0.3, 0.4) is 0 Å². The minimum absolute atomic E-state index is 0. The van der Waals surface area contributed by atoms with Gasteiger partial charge < -0.3 is 9.84 Å². The van der Waals surface area contributed by atoms with Crippen LogP contribution in [-0.4, -0.2) is 23.2 Å². The fraction of sp³-hybridized carbons (Fsp3) is 0.429. The van der Waals surface area contributed by atoms with Crippen LogP contribution < -0.4 is 5.32 Å². The van der Waals surface area contributed by atoms with Crippen molar-refractivity contribution in [2.75, 3.05) is 13.1 Å². The van der Waals surface area contributed by atoms with Gasteiger partial charge in [-0.05, 0) is 50.0 Å². The van der Waals surface area contributed by atoms with Gasteiger partial charge in [0.05, 0.1) is 0 Å². The van der Waals surface area contributed by atoms with Gasteiger partial charge in [-0.3, -0.25) is 0 Å². The maximum atomic E-state index is 13.2. The van der Waals surface area contributed by atoms with Crippen LogP contribution in [0, 0.1) is 17.6 Å². The molecule has 0 atom stereocenters. The summed E-state index contributed by atoms with van der Waals surface area (Å²) in [5.74, 6) is -0.404. The first-order valence-corrected chi connectivity index (χ1v) is 6.71. The Hall–Kier alpha value is -1.53. The van der Waals surface area contributed by atoms with Crippen molar-refractivity contribution in [1.29, 1.82) is 0 Å². The van der Waals surface area contributed by atoms with Gasteiger partial charge in [0.25, 0.3) is 0 Å². The highest BCUT2D eigenvalue weighted by Crippen LogP contribution is 2.21. The largest absolute Gasteiger partial charge is 0.339 e. The molecule has 1 aliphatic heterocycles. The molecule has 2 heterocycles. The van der Waals surface area contributed by atoms with E-state index in [0.29, 0.717) is 23.2 Å². The average Bonchev–Trinajstić information content (AvgIpc) is 2.91. The van der Waals surface area contributed by atoms with Gasteiger partial charge in [0.2, 0.25) is 11.7 Å². The maximum Gasteiger partial charge on any atom is 0.227 e. The Morgan fingerprint density at radius 1 is 1.19 bits per heavy atom. The highest BCUT2D eigenvalue weighted by atomic mass is 35.5. The van der Waals surface area contributed by atoms with E-state index in [4.69, 9.17) is 4.52 Å². The summed E-state index contributed by atoms with van der Waals surface area (Å²) in [4.78, 5) is 4.26. The lowest BCUT2D eigenvalue weighted by Crippen LogP contribution is -2.28. The molecular weight excluding hydrogens is 300 g/mol. The highest BCUT2D eigenvalue weighted by Gasteiger charge is 2.18. The molecule has 0 aliphatic carbocycles. The minimum Gasteiger partial charge on any atom is -0.339 e. The number of aromatic nitrogens is 2. The Kier molecular flexibility index (Phi) is 5.25. The molecule has 0 amide bonds. The van der Waals surface area contributed by atoms with Crippen molar-refractivity contribution >= 4 is 12.4 Å². The highest BCUT2D eigenvalue weighted by molar-refractivity contribution is 5.85. The van der Waals surface area contributed by atoms with Crippen molar-refractivity contribution in [3.8, 4) is 11.4 Å². The third-order valence-electron chi connectivity index (χ3n) is 3.57. The van der Waals surface area contributed by atoms with E-state index >= 15 is 0 Å². The van der Waals surface area contributed by atoms with Crippen LogP contribution >= 0.6 is 12.4 Å². The summed E-state index contributed by atoms with van der Waals surface area (Å²) in [6.07, 6.45) is 2.91. The smallest absolute Gasteiger partial charge is 0.227 e. The van der Waals surface area contributed by atoms with E-state index in [0.717, 1.165) is 44.5 Å². The quantitative estimate of drug-likeness (QED) is 0.946. The zero-order valence-electron chi connectivity index (χ0n) is 11.3. The molecule has 7 heteroatoms.